The van der Waals surface area contributed by atoms with E-state index in [9.17, 15) is 4.39 Å². The molecule has 1 fully saturated rings. The minimum absolute atomic E-state index is 0.247. The quantitative estimate of drug-likeness (QED) is 0.489. The van der Waals surface area contributed by atoms with Crippen molar-refractivity contribution in [2.45, 2.75) is 38.5 Å². The van der Waals surface area contributed by atoms with Gasteiger partial charge in [0.2, 0.25) is 0 Å². The van der Waals surface area contributed by atoms with Crippen molar-refractivity contribution in [1.82, 2.24) is 0 Å². The van der Waals surface area contributed by atoms with Gasteiger partial charge in [0.05, 0.1) is 12.2 Å². The second-order valence-corrected chi connectivity index (χ2v) is 3.64. The number of hydrogen-bond acceptors (Lipinski definition) is 1. The highest BCUT2D eigenvalue weighted by Crippen LogP contribution is 2.34. The minimum atomic E-state index is -1.09. The lowest BCUT2D eigenvalue weighted by atomic mass is 9.97. The van der Waals surface area contributed by atoms with Crippen LogP contribution in [0.3, 0.4) is 0 Å². The molecule has 0 aromatic carbocycles. The summed E-state index contributed by atoms with van der Waals surface area (Å²) in [5.41, 5.74) is -1.34. The largest absolute Gasteiger partial charge is 0.372 e. The molecule has 1 nitrogen and oxygen atoms in total. The van der Waals surface area contributed by atoms with E-state index in [2.05, 4.69) is 0 Å². The van der Waals surface area contributed by atoms with Crippen LogP contribution in [0.25, 0.3) is 0 Å². The Balaban J connectivity index is 2.58. The molecule has 1 atom stereocenters. The molecule has 0 aliphatic carbocycles. The van der Waals surface area contributed by atoms with Crippen LogP contribution in [-0.2, 0) is 4.74 Å². The average Bonchev–Trinajstić information content (AvgIpc) is 1.78. The smallest absolute Gasteiger partial charge is 0.134 e. The molecule has 1 heterocycles. The van der Waals surface area contributed by atoms with Crippen molar-refractivity contribution in [3.63, 3.8) is 0 Å². The van der Waals surface area contributed by atoms with E-state index >= 15 is 0 Å². The Kier molecular flexibility index (Phi) is 1.31. The molecule has 9 heavy (non-hydrogen) atoms. The van der Waals surface area contributed by atoms with Crippen LogP contribution in [0.4, 0.5) is 4.39 Å². The monoisotopic (exact) mass is 132 g/mol. The van der Waals surface area contributed by atoms with E-state index in [1.807, 2.05) is 13.8 Å². The van der Waals surface area contributed by atoms with E-state index in [0.717, 1.165) is 0 Å². The normalized spacial score (nSPS) is 41.3. The Hall–Kier alpha value is -0.110. The second-order valence-electron chi connectivity index (χ2n) is 3.64. The third-order valence-electron chi connectivity index (χ3n) is 1.56. The third-order valence-corrected chi connectivity index (χ3v) is 1.56. The van der Waals surface area contributed by atoms with Gasteiger partial charge in [-0.25, -0.2) is 4.39 Å². The van der Waals surface area contributed by atoms with Crippen molar-refractivity contribution >= 4 is 0 Å². The van der Waals surface area contributed by atoms with Crippen LogP contribution in [0.15, 0.2) is 0 Å². The molecule has 1 aliphatic rings. The lowest BCUT2D eigenvalue weighted by Crippen LogP contribution is -2.21. The topological polar surface area (TPSA) is 9.23 Å². The summed E-state index contributed by atoms with van der Waals surface area (Å²) in [5.74, 6) is 0. The van der Waals surface area contributed by atoms with Gasteiger partial charge in [-0.15, -0.1) is 0 Å². The van der Waals surface area contributed by atoms with Crippen LogP contribution in [0.2, 0.25) is 0 Å². The fourth-order valence-electron chi connectivity index (χ4n) is 1.34. The highest BCUT2D eigenvalue weighted by molar-refractivity contribution is 4.89. The molecule has 0 aromatic rings. The van der Waals surface area contributed by atoms with Crippen molar-refractivity contribution in [1.29, 1.82) is 0 Å². The molecule has 1 unspecified atom stereocenters. The van der Waals surface area contributed by atoms with E-state index in [1.165, 1.54) is 0 Å². The van der Waals surface area contributed by atoms with E-state index in [4.69, 9.17) is 4.74 Å². The Morgan fingerprint density at radius 3 is 2.00 bits per heavy atom. The second kappa shape index (κ2) is 1.69. The standard InChI is InChI=1S/C7H13FO/c1-6(2)4-7(3,8)5-9-6/h4-5H2,1-3H3. The number of halogens is 1. The summed E-state index contributed by atoms with van der Waals surface area (Å²) in [4.78, 5) is 0. The lowest BCUT2D eigenvalue weighted by molar-refractivity contribution is 0.0292. The minimum Gasteiger partial charge on any atom is -0.372 e. The summed E-state index contributed by atoms with van der Waals surface area (Å²) < 4.78 is 18.2. The van der Waals surface area contributed by atoms with Crippen LogP contribution in [0, 0.1) is 0 Å². The van der Waals surface area contributed by atoms with Gasteiger partial charge in [-0.3, -0.25) is 0 Å². The Bertz CT molecular complexity index is 104. The van der Waals surface area contributed by atoms with Gasteiger partial charge in [-0.2, -0.15) is 0 Å². The van der Waals surface area contributed by atoms with Gasteiger partial charge in [-0.1, -0.05) is 0 Å². The maximum absolute atomic E-state index is 13.0. The summed E-state index contributed by atoms with van der Waals surface area (Å²) in [6, 6.07) is 0. The molecule has 1 aliphatic heterocycles. The van der Waals surface area contributed by atoms with Gasteiger partial charge in [0.15, 0.2) is 0 Å². The first kappa shape index (κ1) is 7.00. The molecule has 0 bridgehead atoms. The predicted molar refractivity (Wildman–Crippen MR) is 34.2 cm³/mol. The van der Waals surface area contributed by atoms with Gasteiger partial charge in [0, 0.05) is 6.42 Å². The molecule has 1 rings (SSSR count). The number of hydrogen-bond donors (Lipinski definition) is 0. The first-order valence-corrected chi connectivity index (χ1v) is 3.24. The Morgan fingerprint density at radius 1 is 1.33 bits per heavy atom. The summed E-state index contributed by atoms with van der Waals surface area (Å²) >= 11 is 0. The van der Waals surface area contributed by atoms with Crippen molar-refractivity contribution in [2.24, 2.45) is 0 Å². The van der Waals surface area contributed by atoms with Crippen LogP contribution in [0.1, 0.15) is 27.2 Å². The van der Waals surface area contributed by atoms with Gasteiger partial charge < -0.3 is 4.74 Å². The third kappa shape index (κ3) is 1.65. The molecular weight excluding hydrogens is 119 g/mol. The number of alkyl halides is 1. The van der Waals surface area contributed by atoms with Crippen molar-refractivity contribution in [3.05, 3.63) is 0 Å². The van der Waals surface area contributed by atoms with Crippen molar-refractivity contribution in [2.75, 3.05) is 6.61 Å². The zero-order valence-electron chi connectivity index (χ0n) is 6.20. The summed E-state index contributed by atoms with van der Waals surface area (Å²) in [5, 5.41) is 0. The molecular formula is C7H13FO. The number of rotatable bonds is 0. The molecule has 54 valence electrons. The fraction of sp³-hybridized carbons (Fsp3) is 1.00. The van der Waals surface area contributed by atoms with Gasteiger partial charge in [-0.05, 0) is 20.8 Å². The molecule has 0 aromatic heterocycles. The van der Waals surface area contributed by atoms with E-state index in [-0.39, 0.29) is 12.2 Å². The van der Waals surface area contributed by atoms with Crippen LogP contribution >= 0.6 is 0 Å². The SMILES string of the molecule is CC1(F)COC(C)(C)C1. The van der Waals surface area contributed by atoms with Gasteiger partial charge >= 0.3 is 0 Å². The summed E-state index contributed by atoms with van der Waals surface area (Å²) in [7, 11) is 0. The predicted octanol–water partition coefficient (Wildman–Crippen LogP) is 1.91. The molecule has 0 radical (unpaired) electrons. The summed E-state index contributed by atoms with van der Waals surface area (Å²) in [6.07, 6.45) is 0.514. The lowest BCUT2D eigenvalue weighted by Gasteiger charge is -2.15. The molecule has 2 heteroatoms. The van der Waals surface area contributed by atoms with Crippen molar-refractivity contribution in [3.8, 4) is 0 Å². The number of ether oxygens (including phenoxy) is 1. The van der Waals surface area contributed by atoms with Crippen LogP contribution in [-0.4, -0.2) is 17.9 Å². The Morgan fingerprint density at radius 2 is 1.89 bits per heavy atom. The zero-order chi connectivity index (χ0) is 7.12. The molecule has 0 spiro atoms. The maximum Gasteiger partial charge on any atom is 0.134 e. The first-order valence-electron chi connectivity index (χ1n) is 3.24. The van der Waals surface area contributed by atoms with E-state index < -0.39 is 5.67 Å². The summed E-state index contributed by atoms with van der Waals surface area (Å²) in [6.45, 7) is 5.66. The van der Waals surface area contributed by atoms with E-state index in [0.29, 0.717) is 6.42 Å². The zero-order valence-corrected chi connectivity index (χ0v) is 6.20. The van der Waals surface area contributed by atoms with Gasteiger partial charge in [0.1, 0.15) is 5.67 Å². The molecule has 0 amide bonds. The fourth-order valence-corrected chi connectivity index (χ4v) is 1.34. The average molecular weight is 132 g/mol. The van der Waals surface area contributed by atoms with Crippen molar-refractivity contribution < 1.29 is 9.13 Å². The molecule has 1 saturated heterocycles. The maximum atomic E-state index is 13.0. The molecule has 0 N–H and O–H groups in total. The highest BCUT2D eigenvalue weighted by atomic mass is 19.1. The first-order chi connectivity index (χ1) is 3.91. The van der Waals surface area contributed by atoms with E-state index in [1.54, 1.807) is 6.92 Å². The molecule has 0 saturated carbocycles. The van der Waals surface area contributed by atoms with Gasteiger partial charge in [0.25, 0.3) is 0 Å². The van der Waals surface area contributed by atoms with Crippen LogP contribution in [0.5, 0.6) is 0 Å². The van der Waals surface area contributed by atoms with Crippen LogP contribution < -0.4 is 0 Å². The Labute approximate surface area is 55.2 Å². The highest BCUT2D eigenvalue weighted by Gasteiger charge is 2.40.